The Morgan fingerprint density at radius 2 is 1.02 bits per heavy atom. The van der Waals surface area contributed by atoms with Gasteiger partial charge in [0.1, 0.15) is 9.79 Å². The van der Waals surface area contributed by atoms with Crippen molar-refractivity contribution in [1.29, 1.82) is 0 Å². The molecule has 0 saturated carbocycles. The molecule has 22 heteroatoms. The summed E-state index contributed by atoms with van der Waals surface area (Å²) in [7, 11) is -9.20. The summed E-state index contributed by atoms with van der Waals surface area (Å²) in [6.45, 7) is 1.74. The number of rotatable bonds is 6. The number of anilines is 7. The Morgan fingerprint density at radius 3 is 1.42 bits per heavy atom. The van der Waals surface area contributed by atoms with Crippen molar-refractivity contribution in [3.8, 4) is 0 Å². The molecule has 0 unspecified atom stereocenters. The zero-order valence-corrected chi connectivity index (χ0v) is 32.0. The SMILES string of the molecule is CNc1ccc(N)c(S(=O)(=O)O)c1.CNc1ccc(S(=O)(=O)O)c(N)c1.Cc1cc([N+](=O)[O-])ccc1N.Nc1ccc(S(=O)(=O)O)cc1.Nc1ccccc1. The normalized spacial score (nSPS) is 10.6. The number of nitrogen functional groups attached to an aromatic ring is 5. The third-order valence-corrected chi connectivity index (χ3v) is 9.30. The fourth-order valence-corrected chi connectivity index (χ4v) is 5.44. The van der Waals surface area contributed by atoms with Crippen molar-refractivity contribution < 1.29 is 43.8 Å². The number of para-hydroxylation sites is 1. The van der Waals surface area contributed by atoms with E-state index in [0.717, 1.165) is 11.3 Å². The van der Waals surface area contributed by atoms with Gasteiger partial charge >= 0.3 is 0 Å². The largest absolute Gasteiger partial charge is 0.399 e. The van der Waals surface area contributed by atoms with Gasteiger partial charge in [-0.2, -0.15) is 25.3 Å². The molecule has 0 spiro atoms. The van der Waals surface area contributed by atoms with Crippen LogP contribution in [0.15, 0.2) is 124 Å². The lowest BCUT2D eigenvalue weighted by Crippen LogP contribution is -2.03. The number of nitrogens with zero attached hydrogens (tertiary/aromatic N) is 1. The highest BCUT2D eigenvalue weighted by molar-refractivity contribution is 7.86. The smallest absolute Gasteiger partial charge is 0.296 e. The molecule has 0 fully saturated rings. The van der Waals surface area contributed by atoms with E-state index in [1.807, 2.05) is 30.3 Å². The molecule has 0 amide bonds. The van der Waals surface area contributed by atoms with E-state index < -0.39 is 35.3 Å². The lowest BCUT2D eigenvalue weighted by molar-refractivity contribution is -0.384. The highest BCUT2D eigenvalue weighted by atomic mass is 32.2. The van der Waals surface area contributed by atoms with Crippen LogP contribution in [0.2, 0.25) is 0 Å². The van der Waals surface area contributed by atoms with Gasteiger partial charge in [0.2, 0.25) is 0 Å². The summed E-state index contributed by atoms with van der Waals surface area (Å²) in [5.41, 5.74) is 30.9. The van der Waals surface area contributed by atoms with Crippen molar-refractivity contribution >= 4 is 75.9 Å². The number of non-ortho nitro benzene ring substituents is 1. The van der Waals surface area contributed by atoms with Crippen molar-refractivity contribution in [3.05, 3.63) is 125 Å². The lowest BCUT2D eigenvalue weighted by atomic mass is 10.2. The molecule has 0 bridgehead atoms. The highest BCUT2D eigenvalue weighted by Crippen LogP contribution is 2.23. The van der Waals surface area contributed by atoms with Gasteiger partial charge in [-0.15, -0.1) is 0 Å². The van der Waals surface area contributed by atoms with Crippen LogP contribution < -0.4 is 39.3 Å². The Kier molecular flexibility index (Phi) is 17.8. The third-order valence-electron chi connectivity index (χ3n) is 6.60. The second kappa shape index (κ2) is 20.9. The minimum Gasteiger partial charge on any atom is -0.399 e. The van der Waals surface area contributed by atoms with Crippen LogP contribution in [0.4, 0.5) is 45.5 Å². The molecule has 0 aliphatic heterocycles. The van der Waals surface area contributed by atoms with Crippen LogP contribution in [-0.4, -0.2) is 57.9 Å². The first kappa shape index (κ1) is 46.9. The number of aryl methyl sites for hydroxylation is 1. The topological polar surface area (TPSA) is 360 Å². The van der Waals surface area contributed by atoms with Gasteiger partial charge in [-0.3, -0.25) is 23.8 Å². The summed E-state index contributed by atoms with van der Waals surface area (Å²) < 4.78 is 89.8. The molecule has 5 aromatic carbocycles. The quantitative estimate of drug-likeness (QED) is 0.0491. The van der Waals surface area contributed by atoms with Gasteiger partial charge in [0.05, 0.1) is 21.2 Å². The molecule has 0 radical (unpaired) electrons. The van der Waals surface area contributed by atoms with Crippen molar-refractivity contribution in [3.63, 3.8) is 0 Å². The molecule has 0 aromatic heterocycles. The Bertz CT molecular complexity index is 2370. The van der Waals surface area contributed by atoms with Gasteiger partial charge in [-0.1, -0.05) is 18.2 Å². The minimum atomic E-state index is -4.23. The van der Waals surface area contributed by atoms with Gasteiger partial charge < -0.3 is 39.3 Å². The van der Waals surface area contributed by atoms with E-state index >= 15 is 0 Å². The van der Waals surface area contributed by atoms with Crippen molar-refractivity contribution in [2.75, 3.05) is 53.4 Å². The number of nitro groups is 1. The zero-order valence-electron chi connectivity index (χ0n) is 29.6. The molecule has 0 atom stereocenters. The Hall–Kier alpha value is -6.17. The molecule has 19 nitrogen and oxygen atoms in total. The van der Waals surface area contributed by atoms with E-state index in [1.54, 1.807) is 27.1 Å². The molecule has 0 heterocycles. The van der Waals surface area contributed by atoms with Crippen LogP contribution in [0.1, 0.15) is 5.56 Å². The molecular formula is C33H42N8O11S3. The van der Waals surface area contributed by atoms with E-state index in [4.69, 9.17) is 42.3 Å². The molecule has 0 aliphatic carbocycles. The first-order chi connectivity index (χ1) is 25.4. The number of benzene rings is 5. The van der Waals surface area contributed by atoms with Crippen molar-refractivity contribution in [1.82, 2.24) is 0 Å². The Morgan fingerprint density at radius 1 is 0.545 bits per heavy atom. The molecule has 5 rings (SSSR count). The maximum absolute atomic E-state index is 10.8. The fourth-order valence-electron chi connectivity index (χ4n) is 3.72. The highest BCUT2D eigenvalue weighted by Gasteiger charge is 2.14. The zero-order chi connectivity index (χ0) is 42.1. The standard InChI is InChI=1S/2C7H10N2O3S.C7H8N2O2.C6H7NO3S.C6H7N/c1-9-5-2-3-7(6(8)4-5)13(10,11)12;1-9-5-2-3-6(8)7(4-5)13(10,11)12;1-5-4-6(9(10)11)2-3-7(5)8;7-5-1-3-6(4-2-5)11(8,9)10;7-6-4-2-1-3-5-6/h2*2-4,9H,8H2,1H3,(H,10,11,12);2-4H,8H2,1H3;1-4H,7H2,(H,8,9,10);1-5H,7H2. The second-order valence-corrected chi connectivity index (χ2v) is 14.9. The van der Waals surface area contributed by atoms with E-state index in [2.05, 4.69) is 10.6 Å². The van der Waals surface area contributed by atoms with Crippen LogP contribution in [-0.2, 0) is 30.4 Å². The molecular weight excluding hydrogens is 781 g/mol. The minimum absolute atomic E-state index is 0.0225. The van der Waals surface area contributed by atoms with Crippen LogP contribution in [0.3, 0.4) is 0 Å². The monoisotopic (exact) mass is 822 g/mol. The lowest BCUT2D eigenvalue weighted by Gasteiger charge is -2.05. The van der Waals surface area contributed by atoms with Gasteiger partial charge in [0.15, 0.2) is 0 Å². The number of nitrogens with two attached hydrogens (primary N) is 5. The van der Waals surface area contributed by atoms with Crippen molar-refractivity contribution in [2.45, 2.75) is 21.6 Å². The van der Waals surface area contributed by atoms with Gasteiger partial charge in [-0.25, -0.2) is 0 Å². The summed E-state index contributed by atoms with van der Waals surface area (Å²) in [5, 5.41) is 15.8. The molecule has 55 heavy (non-hydrogen) atoms. The summed E-state index contributed by atoms with van der Waals surface area (Å²) >= 11 is 0. The second-order valence-electron chi connectivity index (χ2n) is 10.7. The molecule has 5 aromatic rings. The van der Waals surface area contributed by atoms with Crippen LogP contribution in [0, 0.1) is 17.0 Å². The average Bonchev–Trinajstić information content (AvgIpc) is 3.10. The first-order valence-electron chi connectivity index (χ1n) is 15.1. The molecule has 15 N–H and O–H groups in total. The Balaban J connectivity index is 0.000000348. The van der Waals surface area contributed by atoms with E-state index in [-0.39, 0.29) is 31.7 Å². The summed E-state index contributed by atoms with van der Waals surface area (Å²) in [5.74, 6) is 0. The maximum Gasteiger partial charge on any atom is 0.296 e. The number of nitrogens with one attached hydrogen (secondary N) is 2. The molecule has 0 saturated heterocycles. The van der Waals surface area contributed by atoms with E-state index in [9.17, 15) is 35.4 Å². The predicted octanol–water partition coefficient (Wildman–Crippen LogP) is 4.38. The van der Waals surface area contributed by atoms with Crippen molar-refractivity contribution in [2.24, 2.45) is 0 Å². The van der Waals surface area contributed by atoms with Gasteiger partial charge in [0.25, 0.3) is 36.0 Å². The number of hydrogen-bond acceptors (Lipinski definition) is 15. The third kappa shape index (κ3) is 17.0. The molecule has 298 valence electrons. The summed E-state index contributed by atoms with van der Waals surface area (Å²) in [6.07, 6.45) is 0. The van der Waals surface area contributed by atoms with Gasteiger partial charge in [-0.05, 0) is 91.3 Å². The predicted molar refractivity (Wildman–Crippen MR) is 214 cm³/mol. The van der Waals surface area contributed by atoms with Crippen LogP contribution in [0.25, 0.3) is 0 Å². The summed E-state index contributed by atoms with van der Waals surface area (Å²) in [4.78, 5) is 9.09. The van der Waals surface area contributed by atoms with Crippen LogP contribution >= 0.6 is 0 Å². The summed E-state index contributed by atoms with van der Waals surface area (Å²) in [6, 6.07) is 27.6. The number of nitro benzene ring substituents is 1. The van der Waals surface area contributed by atoms with E-state index in [0.29, 0.717) is 22.7 Å². The Labute approximate surface area is 318 Å². The number of hydrogen-bond donors (Lipinski definition) is 10. The average molecular weight is 823 g/mol. The maximum atomic E-state index is 10.8. The first-order valence-corrected chi connectivity index (χ1v) is 19.5. The molecule has 0 aliphatic rings. The fraction of sp³-hybridized carbons (Fsp3) is 0.0909. The van der Waals surface area contributed by atoms with E-state index in [1.165, 1.54) is 72.8 Å². The van der Waals surface area contributed by atoms with Crippen LogP contribution in [0.5, 0.6) is 0 Å². The van der Waals surface area contributed by atoms with Gasteiger partial charge in [0, 0.05) is 54.7 Å².